The molecule has 0 bridgehead atoms. The Labute approximate surface area is 167 Å². The minimum Gasteiger partial charge on any atom is -0.324 e. The van der Waals surface area contributed by atoms with E-state index in [1.807, 2.05) is 29.7 Å². The molecule has 1 N–H and O–H groups in total. The Balaban J connectivity index is 1.58. The van der Waals surface area contributed by atoms with Crippen LogP contribution in [-0.2, 0) is 7.05 Å². The Hall–Kier alpha value is -3.26. The number of hydrogen-bond donors (Lipinski definition) is 1. The largest absolute Gasteiger partial charge is 0.330 e. The van der Waals surface area contributed by atoms with Crippen LogP contribution in [0.15, 0.2) is 41.5 Å². The topological polar surface area (TPSA) is 80.9 Å². The maximum atomic E-state index is 12.9. The van der Waals surface area contributed by atoms with Gasteiger partial charge in [0.15, 0.2) is 5.65 Å². The van der Waals surface area contributed by atoms with Gasteiger partial charge in [0.05, 0.1) is 17.8 Å². The lowest BCUT2D eigenvalue weighted by Gasteiger charge is -2.13. The van der Waals surface area contributed by atoms with Crippen LogP contribution in [0.2, 0.25) is 0 Å². The summed E-state index contributed by atoms with van der Waals surface area (Å²) in [5, 5.41) is 4.38. The van der Waals surface area contributed by atoms with Crippen molar-refractivity contribution in [2.24, 2.45) is 7.05 Å². The summed E-state index contributed by atoms with van der Waals surface area (Å²) in [5.74, 6) is 0.481. The Kier molecular flexibility index (Phi) is 4.09. The van der Waals surface area contributed by atoms with Gasteiger partial charge in [0.25, 0.3) is 0 Å². The van der Waals surface area contributed by atoms with Gasteiger partial charge in [0, 0.05) is 30.9 Å². The van der Waals surface area contributed by atoms with Crippen LogP contribution in [0.25, 0.3) is 22.1 Å². The summed E-state index contributed by atoms with van der Waals surface area (Å²) in [5.41, 5.74) is 4.32. The highest BCUT2D eigenvalue weighted by Gasteiger charge is 2.26. The fraction of sp³-hybridized carbons (Fsp3) is 0.333. The molecule has 5 rings (SSSR count). The van der Waals surface area contributed by atoms with Gasteiger partial charge in [-0.2, -0.15) is 4.98 Å². The van der Waals surface area contributed by atoms with E-state index in [9.17, 15) is 4.79 Å². The van der Waals surface area contributed by atoms with Gasteiger partial charge >= 0.3 is 5.69 Å². The molecule has 0 unspecified atom stereocenters. The normalized spacial score (nSPS) is 17.4. The molecule has 0 radical (unpaired) electrons. The number of imidazole rings is 1. The van der Waals surface area contributed by atoms with Crippen molar-refractivity contribution < 1.29 is 0 Å². The summed E-state index contributed by atoms with van der Waals surface area (Å²) >= 11 is 0. The number of nitrogens with one attached hydrogen (secondary N) is 1. The molecule has 8 heteroatoms. The van der Waals surface area contributed by atoms with E-state index >= 15 is 0 Å². The Bertz CT molecular complexity index is 1290. The van der Waals surface area contributed by atoms with Crippen molar-refractivity contribution in [2.75, 3.05) is 25.5 Å². The second-order valence-electron chi connectivity index (χ2n) is 7.81. The van der Waals surface area contributed by atoms with E-state index in [1.165, 1.54) is 0 Å². The van der Waals surface area contributed by atoms with Crippen molar-refractivity contribution in [1.29, 1.82) is 0 Å². The summed E-state index contributed by atoms with van der Waals surface area (Å²) in [6, 6.07) is 8.18. The Morgan fingerprint density at radius 2 is 2.07 bits per heavy atom. The Morgan fingerprint density at radius 1 is 1.21 bits per heavy atom. The van der Waals surface area contributed by atoms with E-state index in [0.29, 0.717) is 11.6 Å². The monoisotopic (exact) mass is 389 g/mol. The predicted octanol–water partition coefficient (Wildman–Crippen LogP) is 2.61. The standard InChI is InChI=1S/C21H23N7O/c1-13-9-17-14(5-4-7-22-17)10-16(13)24-20-23-11-18-19(25-20)28(21(29)27(18)3)15-6-8-26(2)12-15/h4-5,7,9-11,15H,6,8,12H2,1-3H3,(H,23,24,25)/t15-/m0/s1. The molecule has 1 atom stereocenters. The van der Waals surface area contributed by atoms with Gasteiger partial charge in [-0.25, -0.2) is 9.78 Å². The summed E-state index contributed by atoms with van der Waals surface area (Å²) in [4.78, 5) is 28.7. The third-order valence-electron chi connectivity index (χ3n) is 5.76. The second kappa shape index (κ2) is 6.66. The number of hydrogen-bond acceptors (Lipinski definition) is 6. The molecule has 0 spiro atoms. The molecule has 8 nitrogen and oxygen atoms in total. The maximum absolute atomic E-state index is 12.9. The van der Waals surface area contributed by atoms with Crippen LogP contribution in [0.5, 0.6) is 0 Å². The number of pyridine rings is 1. The molecule has 1 aliphatic rings. The molecule has 4 aromatic rings. The van der Waals surface area contributed by atoms with Crippen LogP contribution in [-0.4, -0.2) is 49.1 Å². The average Bonchev–Trinajstić information content (AvgIpc) is 3.23. The van der Waals surface area contributed by atoms with Gasteiger partial charge in [-0.1, -0.05) is 6.07 Å². The molecule has 0 aliphatic carbocycles. The summed E-state index contributed by atoms with van der Waals surface area (Å²) in [7, 11) is 3.85. The molecule has 29 heavy (non-hydrogen) atoms. The number of aromatic nitrogens is 5. The zero-order valence-corrected chi connectivity index (χ0v) is 16.8. The minimum absolute atomic E-state index is 0.0419. The number of anilines is 2. The van der Waals surface area contributed by atoms with Crippen LogP contribution in [0.4, 0.5) is 11.6 Å². The number of fused-ring (bicyclic) bond motifs is 2. The highest BCUT2D eigenvalue weighted by atomic mass is 16.1. The van der Waals surface area contributed by atoms with Crippen LogP contribution < -0.4 is 11.0 Å². The van der Waals surface area contributed by atoms with Gasteiger partial charge < -0.3 is 10.2 Å². The zero-order chi connectivity index (χ0) is 20.1. The number of rotatable bonds is 3. The van der Waals surface area contributed by atoms with E-state index in [0.717, 1.165) is 47.2 Å². The van der Waals surface area contributed by atoms with Crippen molar-refractivity contribution in [3.05, 3.63) is 52.7 Å². The van der Waals surface area contributed by atoms with E-state index in [1.54, 1.807) is 24.0 Å². The molecule has 1 aromatic carbocycles. The molecule has 0 amide bonds. The molecule has 4 heterocycles. The molecule has 0 saturated carbocycles. The number of likely N-dealkylation sites (N-methyl/N-ethyl adjacent to an activating group) is 1. The quantitative estimate of drug-likeness (QED) is 0.580. The summed E-state index contributed by atoms with van der Waals surface area (Å²) < 4.78 is 3.45. The van der Waals surface area contributed by atoms with Crippen LogP contribution in [0.3, 0.4) is 0 Å². The molecule has 148 valence electrons. The van der Waals surface area contributed by atoms with Gasteiger partial charge in [-0.15, -0.1) is 0 Å². The first-order valence-corrected chi connectivity index (χ1v) is 9.76. The van der Waals surface area contributed by atoms with Crippen molar-refractivity contribution in [1.82, 2.24) is 29.0 Å². The lowest BCUT2D eigenvalue weighted by Crippen LogP contribution is -2.27. The van der Waals surface area contributed by atoms with Crippen molar-refractivity contribution in [3.63, 3.8) is 0 Å². The molecular weight excluding hydrogens is 366 g/mol. The predicted molar refractivity (Wildman–Crippen MR) is 114 cm³/mol. The van der Waals surface area contributed by atoms with Gasteiger partial charge in [-0.3, -0.25) is 14.1 Å². The van der Waals surface area contributed by atoms with E-state index in [4.69, 9.17) is 4.98 Å². The minimum atomic E-state index is -0.0419. The van der Waals surface area contributed by atoms with Crippen LogP contribution >= 0.6 is 0 Å². The summed E-state index contributed by atoms with van der Waals surface area (Å²) in [6.45, 7) is 3.86. The zero-order valence-electron chi connectivity index (χ0n) is 16.8. The van der Waals surface area contributed by atoms with Crippen molar-refractivity contribution >= 4 is 33.7 Å². The number of aryl methyl sites for hydroxylation is 2. The van der Waals surface area contributed by atoms with E-state index in [-0.39, 0.29) is 11.7 Å². The highest BCUT2D eigenvalue weighted by Crippen LogP contribution is 2.26. The lowest BCUT2D eigenvalue weighted by molar-refractivity contribution is 0.391. The third-order valence-corrected chi connectivity index (χ3v) is 5.76. The van der Waals surface area contributed by atoms with Crippen molar-refractivity contribution in [3.8, 4) is 0 Å². The number of nitrogens with zero attached hydrogens (tertiary/aromatic N) is 6. The highest BCUT2D eigenvalue weighted by molar-refractivity contribution is 5.85. The maximum Gasteiger partial charge on any atom is 0.330 e. The average molecular weight is 389 g/mol. The first kappa shape index (κ1) is 17.8. The van der Waals surface area contributed by atoms with Crippen LogP contribution in [0.1, 0.15) is 18.0 Å². The van der Waals surface area contributed by atoms with Crippen molar-refractivity contribution in [2.45, 2.75) is 19.4 Å². The van der Waals surface area contributed by atoms with Gasteiger partial charge in [-0.05, 0) is 50.7 Å². The molecule has 1 aliphatic heterocycles. The molecule has 1 saturated heterocycles. The lowest BCUT2D eigenvalue weighted by atomic mass is 10.1. The summed E-state index contributed by atoms with van der Waals surface area (Å²) in [6.07, 6.45) is 4.46. The van der Waals surface area contributed by atoms with Crippen LogP contribution in [0, 0.1) is 6.92 Å². The fourth-order valence-electron chi connectivity index (χ4n) is 4.13. The smallest absolute Gasteiger partial charge is 0.324 e. The number of benzene rings is 1. The number of likely N-dealkylation sites (tertiary alicyclic amines) is 1. The second-order valence-corrected chi connectivity index (χ2v) is 7.81. The first-order valence-electron chi connectivity index (χ1n) is 9.76. The molecule has 1 fully saturated rings. The fourth-order valence-corrected chi connectivity index (χ4v) is 4.13. The molecular formula is C21H23N7O. The third kappa shape index (κ3) is 2.96. The first-order chi connectivity index (χ1) is 14.0. The SMILES string of the molecule is Cc1cc2ncccc2cc1Nc1ncc2c(n1)n([C@H]1CCN(C)C1)c(=O)n2C. The Morgan fingerprint density at radius 3 is 2.86 bits per heavy atom. The van der Waals surface area contributed by atoms with Gasteiger partial charge in [0.2, 0.25) is 5.95 Å². The van der Waals surface area contributed by atoms with Gasteiger partial charge in [0.1, 0.15) is 5.52 Å². The van der Waals surface area contributed by atoms with E-state index < -0.39 is 0 Å². The van der Waals surface area contributed by atoms with E-state index in [2.05, 4.69) is 33.3 Å². The molecule has 3 aromatic heterocycles.